The molecule has 2 aromatic rings. The van der Waals surface area contributed by atoms with Crippen molar-refractivity contribution in [2.75, 3.05) is 7.11 Å². The van der Waals surface area contributed by atoms with E-state index >= 15 is 0 Å². The van der Waals surface area contributed by atoms with Gasteiger partial charge in [-0.25, -0.2) is 4.39 Å². The number of rotatable bonds is 4. The Labute approximate surface area is 160 Å². The molecule has 0 atom stereocenters. The number of ketones is 1. The fourth-order valence-corrected chi connectivity index (χ4v) is 2.96. The van der Waals surface area contributed by atoms with Crippen LogP contribution in [0.2, 0.25) is 0 Å². The molecule has 2 aromatic carbocycles. The van der Waals surface area contributed by atoms with Crippen LogP contribution in [0.25, 0.3) is 0 Å². The molecule has 0 spiro atoms. The number of alkyl halides is 2. The summed E-state index contributed by atoms with van der Waals surface area (Å²) in [5.74, 6) is -0.699. The van der Waals surface area contributed by atoms with Crippen molar-refractivity contribution in [1.82, 2.24) is 0 Å². The van der Waals surface area contributed by atoms with Gasteiger partial charge in [-0.3, -0.25) is 4.79 Å². The van der Waals surface area contributed by atoms with E-state index in [0.29, 0.717) is 10.0 Å². The van der Waals surface area contributed by atoms with Crippen LogP contribution in [-0.2, 0) is 0 Å². The number of carbonyl (C=O) groups excluding carboxylic acids is 1. The van der Waals surface area contributed by atoms with Gasteiger partial charge in [-0.1, -0.05) is 67.7 Å². The fourth-order valence-electron chi connectivity index (χ4n) is 1.81. The first-order chi connectivity index (χ1) is 10.9. The minimum Gasteiger partial charge on any atom is -0.494 e. The predicted octanol–water partition coefficient (Wildman–Crippen LogP) is 6.64. The lowest BCUT2D eigenvalue weighted by Gasteiger charge is -2.09. The molecule has 6 heteroatoms. The lowest BCUT2D eigenvalue weighted by Crippen LogP contribution is -2.04. The molecule has 0 aromatic heterocycles. The van der Waals surface area contributed by atoms with Crippen LogP contribution >= 0.6 is 47.8 Å². The highest BCUT2D eigenvalue weighted by atomic mass is 79.9. The summed E-state index contributed by atoms with van der Waals surface area (Å²) < 4.78 is 19.2. The quantitative estimate of drug-likeness (QED) is 0.340. The molecule has 0 heterocycles. The zero-order chi connectivity index (χ0) is 17.6. The molecule has 0 N–H and O–H groups in total. The zero-order valence-electron chi connectivity index (χ0n) is 12.9. The third kappa shape index (κ3) is 5.13. The third-order valence-electron chi connectivity index (χ3n) is 2.90. The van der Waals surface area contributed by atoms with Gasteiger partial charge in [0.2, 0.25) is 0 Å². The van der Waals surface area contributed by atoms with Gasteiger partial charge >= 0.3 is 0 Å². The molecule has 0 radical (unpaired) electrons. The van der Waals surface area contributed by atoms with Gasteiger partial charge in [-0.2, -0.15) is 0 Å². The van der Waals surface area contributed by atoms with Crippen molar-refractivity contribution >= 4 is 53.6 Å². The van der Waals surface area contributed by atoms with Gasteiger partial charge in [-0.05, 0) is 35.9 Å². The van der Waals surface area contributed by atoms with Gasteiger partial charge in [0, 0.05) is 15.6 Å². The van der Waals surface area contributed by atoms with Crippen molar-refractivity contribution in [2.24, 2.45) is 0 Å². The van der Waals surface area contributed by atoms with E-state index in [4.69, 9.17) is 4.74 Å². The summed E-state index contributed by atoms with van der Waals surface area (Å²) in [6.45, 7) is 4.00. The van der Waals surface area contributed by atoms with E-state index in [1.807, 2.05) is 26.0 Å². The molecule has 0 fully saturated rings. The van der Waals surface area contributed by atoms with E-state index in [9.17, 15) is 9.18 Å². The highest BCUT2D eigenvalue weighted by Gasteiger charge is 2.16. The fraction of sp³-hybridized carbons (Fsp3) is 0.235. The number of hydrogen-bond acceptors (Lipinski definition) is 2. The van der Waals surface area contributed by atoms with Crippen molar-refractivity contribution in [1.29, 1.82) is 0 Å². The number of hydrogen-bond donors (Lipinski definition) is 0. The topological polar surface area (TPSA) is 26.3 Å². The van der Waals surface area contributed by atoms with Gasteiger partial charge in [0.1, 0.15) is 0 Å². The Hall–Kier alpha value is -0.720. The molecule has 0 saturated heterocycles. The Morgan fingerprint density at radius 3 is 2.26 bits per heavy atom. The Bertz CT molecular complexity index is 688. The maximum atomic E-state index is 13.7. The number of halogens is 4. The Morgan fingerprint density at radius 1 is 1.13 bits per heavy atom. The van der Waals surface area contributed by atoms with Crippen molar-refractivity contribution < 1.29 is 13.9 Å². The van der Waals surface area contributed by atoms with E-state index in [1.165, 1.54) is 19.2 Å². The smallest absolute Gasteiger partial charge is 0.194 e. The average Bonchev–Trinajstić information content (AvgIpc) is 2.55. The van der Waals surface area contributed by atoms with Crippen molar-refractivity contribution in [3.63, 3.8) is 0 Å². The molecule has 0 aliphatic heterocycles. The summed E-state index contributed by atoms with van der Waals surface area (Å²) >= 11 is 10.2. The minimum atomic E-state index is -0.558. The highest BCUT2D eigenvalue weighted by molar-refractivity contribution is 9.24. The van der Waals surface area contributed by atoms with E-state index < -0.39 is 5.82 Å². The number of carbonyl (C=O) groups is 1. The lowest BCUT2D eigenvalue weighted by atomic mass is 10.0. The molecule has 0 aliphatic rings. The first kappa shape index (κ1) is 20.3. The monoisotopic (exact) mass is 508 g/mol. The lowest BCUT2D eigenvalue weighted by molar-refractivity contribution is 0.103. The number of benzene rings is 2. The van der Waals surface area contributed by atoms with E-state index in [-0.39, 0.29) is 20.8 Å². The Balaban J connectivity index is 0.00000127. The van der Waals surface area contributed by atoms with Crippen LogP contribution in [0.3, 0.4) is 0 Å². The van der Waals surface area contributed by atoms with Crippen LogP contribution in [-0.4, -0.2) is 12.9 Å². The minimum absolute atomic E-state index is 0.00360. The molecular weight excluding hydrogens is 495 g/mol. The first-order valence-corrected chi connectivity index (χ1v) is 9.52. The number of ether oxygens (including phenoxy) is 1. The summed E-state index contributed by atoms with van der Waals surface area (Å²) in [5.41, 5.74) is 1.72. The van der Waals surface area contributed by atoms with Crippen molar-refractivity contribution in [2.45, 2.75) is 17.6 Å². The molecule has 23 heavy (non-hydrogen) atoms. The molecule has 0 aliphatic carbocycles. The van der Waals surface area contributed by atoms with E-state index in [0.717, 1.165) is 5.56 Å². The van der Waals surface area contributed by atoms with E-state index in [1.54, 1.807) is 12.1 Å². The molecule has 0 bridgehead atoms. The largest absolute Gasteiger partial charge is 0.494 e. The molecule has 2 rings (SSSR count). The predicted molar refractivity (Wildman–Crippen MR) is 102 cm³/mol. The summed E-state index contributed by atoms with van der Waals surface area (Å²) in [6.07, 6.45) is 0. The van der Waals surface area contributed by atoms with Crippen molar-refractivity contribution in [3.8, 4) is 5.75 Å². The second-order valence-electron chi connectivity index (χ2n) is 4.22. The standard InChI is InChI=1S/C15H10Br3FO2.C2H6/c1-21-13-5-3-8(7-12(13)19)14(20)10-4-2-9(15(17)18)6-11(10)16;1-2/h2-7,15H,1H3;1-2H3. The van der Waals surface area contributed by atoms with Crippen LogP contribution in [0.15, 0.2) is 40.9 Å². The average molecular weight is 511 g/mol. The van der Waals surface area contributed by atoms with Crippen molar-refractivity contribution in [3.05, 3.63) is 63.4 Å². The van der Waals surface area contributed by atoms with Gasteiger partial charge in [0.15, 0.2) is 17.3 Å². The van der Waals surface area contributed by atoms with Gasteiger partial charge in [-0.15, -0.1) is 0 Å². The van der Waals surface area contributed by atoms with Crippen LogP contribution in [0.4, 0.5) is 4.39 Å². The van der Waals surface area contributed by atoms with E-state index in [2.05, 4.69) is 47.8 Å². The second-order valence-corrected chi connectivity index (χ2v) is 8.13. The summed E-state index contributed by atoms with van der Waals surface area (Å²) in [7, 11) is 1.38. The second kappa shape index (κ2) is 9.55. The maximum absolute atomic E-state index is 13.7. The molecule has 0 saturated carbocycles. The molecule has 124 valence electrons. The SMILES string of the molecule is CC.COc1ccc(C(=O)c2ccc(C(Br)Br)cc2Br)cc1F. The number of methoxy groups -OCH3 is 1. The highest BCUT2D eigenvalue weighted by Crippen LogP contribution is 2.32. The van der Waals surface area contributed by atoms with Crippen LogP contribution in [0.5, 0.6) is 5.75 Å². The Kier molecular flexibility index (Phi) is 8.44. The maximum Gasteiger partial charge on any atom is 0.194 e. The van der Waals surface area contributed by atoms with Gasteiger partial charge in [0.25, 0.3) is 0 Å². The van der Waals surface area contributed by atoms with Crippen LogP contribution in [0, 0.1) is 5.82 Å². The third-order valence-corrected chi connectivity index (χ3v) is 4.62. The van der Waals surface area contributed by atoms with Crippen LogP contribution < -0.4 is 4.74 Å². The molecule has 2 nitrogen and oxygen atoms in total. The normalized spacial score (nSPS) is 10.1. The summed E-state index contributed by atoms with van der Waals surface area (Å²) in [4.78, 5) is 12.4. The summed E-state index contributed by atoms with van der Waals surface area (Å²) in [6, 6.07) is 9.53. The molecule has 0 amide bonds. The molecule has 0 unspecified atom stereocenters. The molecular formula is C17H16Br3FO2. The Morgan fingerprint density at radius 2 is 1.78 bits per heavy atom. The summed E-state index contributed by atoms with van der Waals surface area (Å²) in [5, 5.41) is 0. The van der Waals surface area contributed by atoms with Crippen LogP contribution in [0.1, 0.15) is 39.1 Å². The van der Waals surface area contributed by atoms with Gasteiger partial charge < -0.3 is 4.74 Å². The van der Waals surface area contributed by atoms with Gasteiger partial charge in [0.05, 0.1) is 10.8 Å². The first-order valence-electron chi connectivity index (χ1n) is 6.90. The zero-order valence-corrected chi connectivity index (χ0v) is 17.6.